The zero-order valence-corrected chi connectivity index (χ0v) is 19.4. The molecular formula is C30H24BrN. The standard InChI is InChI=1S/C30H24BrN/c1-3-8-23(4-2)24-13-19-29(20-14-24)32(28-9-6-5-7-10-28)30-21-15-26(16-22-30)25-11-17-27(31)18-12-25/h3-22H,1-2H2/b23-8+. The van der Waals surface area contributed by atoms with Crippen LogP contribution in [0.1, 0.15) is 5.56 Å². The molecule has 1 nitrogen and oxygen atoms in total. The van der Waals surface area contributed by atoms with E-state index in [1.54, 1.807) is 6.08 Å². The molecule has 0 amide bonds. The Labute approximate surface area is 198 Å². The van der Waals surface area contributed by atoms with Gasteiger partial charge in [-0.15, -0.1) is 0 Å². The third-order valence-electron chi connectivity index (χ3n) is 5.29. The third kappa shape index (κ3) is 4.82. The fraction of sp³-hybridized carbons (Fsp3) is 0. The van der Waals surface area contributed by atoms with Gasteiger partial charge in [-0.25, -0.2) is 0 Å². The van der Waals surface area contributed by atoms with Crippen LogP contribution in [-0.2, 0) is 0 Å². The Morgan fingerprint density at radius 1 is 0.625 bits per heavy atom. The van der Waals surface area contributed by atoms with Crippen molar-refractivity contribution in [3.8, 4) is 11.1 Å². The molecule has 4 rings (SSSR count). The number of allylic oxidation sites excluding steroid dienone is 4. The quantitative estimate of drug-likeness (QED) is 0.239. The summed E-state index contributed by atoms with van der Waals surface area (Å²) >= 11 is 3.51. The Bertz CT molecular complexity index is 1220. The van der Waals surface area contributed by atoms with E-state index >= 15 is 0 Å². The number of hydrogen-bond donors (Lipinski definition) is 0. The minimum absolute atomic E-state index is 1.05. The van der Waals surface area contributed by atoms with Crippen molar-refractivity contribution in [2.24, 2.45) is 0 Å². The SMILES string of the molecule is C=C/C=C(\C=C)c1ccc(N(c2ccccc2)c2ccc(-c3ccc(Br)cc3)cc2)cc1. The smallest absolute Gasteiger partial charge is 0.0462 e. The van der Waals surface area contributed by atoms with Crippen molar-refractivity contribution in [3.63, 3.8) is 0 Å². The van der Waals surface area contributed by atoms with Crippen LogP contribution in [0.5, 0.6) is 0 Å². The summed E-state index contributed by atoms with van der Waals surface area (Å²) in [7, 11) is 0. The summed E-state index contributed by atoms with van der Waals surface area (Å²) in [4.78, 5) is 2.26. The molecule has 0 fully saturated rings. The monoisotopic (exact) mass is 477 g/mol. The average molecular weight is 478 g/mol. The van der Waals surface area contributed by atoms with Gasteiger partial charge >= 0.3 is 0 Å². The zero-order chi connectivity index (χ0) is 22.3. The summed E-state index contributed by atoms with van der Waals surface area (Å²) in [6.07, 6.45) is 5.61. The highest BCUT2D eigenvalue weighted by Gasteiger charge is 2.12. The van der Waals surface area contributed by atoms with Gasteiger partial charge in [-0.1, -0.05) is 102 Å². The van der Waals surface area contributed by atoms with Gasteiger partial charge in [0.15, 0.2) is 0 Å². The van der Waals surface area contributed by atoms with Gasteiger partial charge in [0.25, 0.3) is 0 Å². The van der Waals surface area contributed by atoms with Gasteiger partial charge in [-0.2, -0.15) is 0 Å². The lowest BCUT2D eigenvalue weighted by Crippen LogP contribution is -2.09. The number of anilines is 3. The summed E-state index contributed by atoms with van der Waals surface area (Å²) in [5.41, 5.74) is 7.87. The molecule has 0 aromatic heterocycles. The Kier molecular flexibility index (Phi) is 6.84. The van der Waals surface area contributed by atoms with E-state index in [4.69, 9.17) is 0 Å². The number of nitrogens with zero attached hydrogens (tertiary/aromatic N) is 1. The van der Waals surface area contributed by atoms with Crippen molar-refractivity contribution in [1.29, 1.82) is 0 Å². The van der Waals surface area contributed by atoms with Gasteiger partial charge in [0, 0.05) is 21.5 Å². The van der Waals surface area contributed by atoms with Gasteiger partial charge < -0.3 is 4.90 Å². The number of rotatable bonds is 7. The Morgan fingerprint density at radius 3 is 1.66 bits per heavy atom. The van der Waals surface area contributed by atoms with Crippen molar-refractivity contribution in [2.75, 3.05) is 4.90 Å². The lowest BCUT2D eigenvalue weighted by molar-refractivity contribution is 1.28. The molecule has 0 spiro atoms. The molecule has 0 atom stereocenters. The molecule has 0 heterocycles. The summed E-state index contributed by atoms with van der Waals surface area (Å²) in [5, 5.41) is 0. The predicted octanol–water partition coefficient (Wildman–Crippen LogP) is 9.34. The van der Waals surface area contributed by atoms with Crippen molar-refractivity contribution in [1.82, 2.24) is 0 Å². The topological polar surface area (TPSA) is 3.24 Å². The van der Waals surface area contributed by atoms with Crippen LogP contribution in [0.25, 0.3) is 16.7 Å². The molecule has 32 heavy (non-hydrogen) atoms. The first-order valence-electron chi connectivity index (χ1n) is 10.5. The van der Waals surface area contributed by atoms with Crippen LogP contribution in [0.15, 0.2) is 139 Å². The van der Waals surface area contributed by atoms with Crippen LogP contribution >= 0.6 is 15.9 Å². The van der Waals surface area contributed by atoms with Crippen molar-refractivity contribution in [3.05, 3.63) is 145 Å². The minimum atomic E-state index is 1.05. The second-order valence-corrected chi connectivity index (χ2v) is 8.25. The Morgan fingerprint density at radius 2 is 1.12 bits per heavy atom. The molecule has 0 bridgehead atoms. The highest BCUT2D eigenvalue weighted by atomic mass is 79.9. The molecule has 0 unspecified atom stereocenters. The summed E-state index contributed by atoms with van der Waals surface area (Å²) in [6.45, 7) is 7.72. The molecule has 0 aliphatic carbocycles. The van der Waals surface area contributed by atoms with Gasteiger partial charge in [0.1, 0.15) is 0 Å². The molecule has 4 aromatic carbocycles. The second kappa shape index (κ2) is 10.1. The first-order valence-corrected chi connectivity index (χ1v) is 11.3. The summed E-state index contributed by atoms with van der Waals surface area (Å²) < 4.78 is 1.08. The number of halogens is 1. The predicted molar refractivity (Wildman–Crippen MR) is 143 cm³/mol. The van der Waals surface area contributed by atoms with E-state index in [1.807, 2.05) is 18.2 Å². The molecule has 156 valence electrons. The number of benzene rings is 4. The number of hydrogen-bond acceptors (Lipinski definition) is 1. The Balaban J connectivity index is 1.72. The lowest BCUT2D eigenvalue weighted by Gasteiger charge is -2.26. The van der Waals surface area contributed by atoms with Crippen LogP contribution < -0.4 is 4.90 Å². The minimum Gasteiger partial charge on any atom is -0.311 e. The van der Waals surface area contributed by atoms with Crippen LogP contribution in [0.3, 0.4) is 0 Å². The molecule has 0 saturated heterocycles. The highest BCUT2D eigenvalue weighted by Crippen LogP contribution is 2.36. The van der Waals surface area contributed by atoms with Crippen molar-refractivity contribution in [2.45, 2.75) is 0 Å². The second-order valence-electron chi connectivity index (χ2n) is 7.33. The van der Waals surface area contributed by atoms with Crippen LogP contribution in [0, 0.1) is 0 Å². The van der Waals surface area contributed by atoms with E-state index in [0.29, 0.717) is 0 Å². The molecular weight excluding hydrogens is 454 g/mol. The highest BCUT2D eigenvalue weighted by molar-refractivity contribution is 9.10. The lowest BCUT2D eigenvalue weighted by atomic mass is 10.0. The van der Waals surface area contributed by atoms with Crippen LogP contribution in [-0.4, -0.2) is 0 Å². The van der Waals surface area contributed by atoms with E-state index in [0.717, 1.165) is 32.7 Å². The Hall–Kier alpha value is -3.62. The van der Waals surface area contributed by atoms with E-state index in [1.165, 1.54) is 11.1 Å². The van der Waals surface area contributed by atoms with Gasteiger partial charge in [-0.3, -0.25) is 0 Å². The summed E-state index contributed by atoms with van der Waals surface area (Å²) in [6, 6.07) is 36.0. The molecule has 0 aliphatic heterocycles. The summed E-state index contributed by atoms with van der Waals surface area (Å²) in [5.74, 6) is 0. The zero-order valence-electron chi connectivity index (χ0n) is 17.8. The van der Waals surface area contributed by atoms with Gasteiger partial charge in [0.2, 0.25) is 0 Å². The number of para-hydroxylation sites is 1. The maximum atomic E-state index is 3.92. The molecule has 4 aromatic rings. The normalized spacial score (nSPS) is 11.1. The molecule has 0 aliphatic rings. The maximum Gasteiger partial charge on any atom is 0.0462 e. The largest absolute Gasteiger partial charge is 0.311 e. The van der Waals surface area contributed by atoms with Gasteiger partial charge in [-0.05, 0) is 70.8 Å². The fourth-order valence-electron chi connectivity index (χ4n) is 3.68. The fourth-order valence-corrected chi connectivity index (χ4v) is 3.95. The maximum absolute atomic E-state index is 3.92. The molecule has 0 saturated carbocycles. The van der Waals surface area contributed by atoms with Crippen molar-refractivity contribution >= 4 is 38.6 Å². The molecule has 0 N–H and O–H groups in total. The first kappa shape index (κ1) is 21.6. The van der Waals surface area contributed by atoms with Crippen LogP contribution in [0.4, 0.5) is 17.1 Å². The first-order chi connectivity index (χ1) is 15.7. The van der Waals surface area contributed by atoms with E-state index in [2.05, 4.69) is 131 Å². The average Bonchev–Trinajstić information content (AvgIpc) is 2.85. The van der Waals surface area contributed by atoms with E-state index in [-0.39, 0.29) is 0 Å². The van der Waals surface area contributed by atoms with E-state index in [9.17, 15) is 0 Å². The van der Waals surface area contributed by atoms with Crippen molar-refractivity contribution < 1.29 is 0 Å². The van der Waals surface area contributed by atoms with Gasteiger partial charge in [0.05, 0.1) is 0 Å². The van der Waals surface area contributed by atoms with Crippen LogP contribution in [0.2, 0.25) is 0 Å². The van der Waals surface area contributed by atoms with E-state index < -0.39 is 0 Å². The molecule has 2 heteroatoms. The third-order valence-corrected chi connectivity index (χ3v) is 5.82. The molecule has 0 radical (unpaired) electrons.